The van der Waals surface area contributed by atoms with Gasteiger partial charge in [0.05, 0.1) is 16.6 Å². The quantitative estimate of drug-likeness (QED) is 0.413. The topological polar surface area (TPSA) is 127 Å². The number of nitrogens with zero attached hydrogens (tertiary/aromatic N) is 1. The summed E-state index contributed by atoms with van der Waals surface area (Å²) >= 11 is 0. The number of carbonyl (C=O) groups excluding carboxylic acids is 2. The molecule has 2 aromatic carbocycles. The van der Waals surface area contributed by atoms with E-state index in [0.29, 0.717) is 18.2 Å². The number of nitrogen functional groups attached to an aromatic ring is 1. The number of amides is 2. The third-order valence-electron chi connectivity index (χ3n) is 3.63. The predicted molar refractivity (Wildman–Crippen MR) is 88.1 cm³/mol. The molecule has 2 amide bonds. The van der Waals surface area contributed by atoms with Gasteiger partial charge in [0.15, 0.2) is 11.6 Å². The lowest BCUT2D eigenvalue weighted by molar-refractivity contribution is -0.384. The van der Waals surface area contributed by atoms with Crippen molar-refractivity contribution in [1.29, 1.82) is 0 Å². The normalized spacial score (nSPS) is 11.6. The van der Waals surface area contributed by atoms with Gasteiger partial charge >= 0.3 is 0 Å². The number of nitro groups is 1. The van der Waals surface area contributed by atoms with Crippen LogP contribution in [-0.4, -0.2) is 23.8 Å². The molecule has 0 bridgehead atoms. The Morgan fingerprint density at radius 1 is 1.15 bits per heavy atom. The molecule has 2 aromatic rings. The van der Waals surface area contributed by atoms with Gasteiger partial charge in [0.25, 0.3) is 11.6 Å². The van der Waals surface area contributed by atoms with Crippen LogP contribution in [0.5, 0.6) is 0 Å². The molecule has 142 valence electrons. The number of hydrogen-bond donors (Lipinski definition) is 3. The minimum Gasteiger partial charge on any atom is -0.393 e. The Labute approximate surface area is 150 Å². The summed E-state index contributed by atoms with van der Waals surface area (Å²) in [6, 6.07) is 2.23. The van der Waals surface area contributed by atoms with Crippen LogP contribution >= 0.6 is 0 Å². The van der Waals surface area contributed by atoms with Gasteiger partial charge in [-0.05, 0) is 23.8 Å². The summed E-state index contributed by atoms with van der Waals surface area (Å²) in [6.45, 7) is 0. The standard InChI is InChI=1S/C16H13F3N4O4/c1-21-16(25)14(7-2-3-10(18)11(19)4-7)22-15(24)9-5-8(17)6-12(13(9)20)23(26)27/h2-6,14H,20H2,1H3,(H,21,25)(H,22,24). The lowest BCUT2D eigenvalue weighted by Gasteiger charge is -2.18. The van der Waals surface area contributed by atoms with Gasteiger partial charge in [-0.3, -0.25) is 19.7 Å². The molecule has 0 spiro atoms. The fraction of sp³-hybridized carbons (Fsp3) is 0.125. The first-order valence-corrected chi connectivity index (χ1v) is 7.36. The van der Waals surface area contributed by atoms with Crippen molar-refractivity contribution in [2.45, 2.75) is 6.04 Å². The van der Waals surface area contributed by atoms with Crippen LogP contribution in [-0.2, 0) is 4.79 Å². The Balaban J connectivity index is 2.44. The number of rotatable bonds is 5. The first kappa shape index (κ1) is 19.7. The summed E-state index contributed by atoms with van der Waals surface area (Å²) in [5, 5.41) is 15.3. The maximum absolute atomic E-state index is 13.6. The maximum Gasteiger partial charge on any atom is 0.295 e. The highest BCUT2D eigenvalue weighted by Gasteiger charge is 2.27. The largest absolute Gasteiger partial charge is 0.393 e. The molecule has 2 rings (SSSR count). The molecule has 0 aliphatic carbocycles. The third kappa shape index (κ3) is 4.14. The summed E-state index contributed by atoms with van der Waals surface area (Å²) in [6.07, 6.45) is 0. The van der Waals surface area contributed by atoms with Gasteiger partial charge in [-0.25, -0.2) is 13.2 Å². The number of carbonyl (C=O) groups is 2. The number of likely N-dealkylation sites (N-methyl/N-ethyl adjacent to an activating group) is 1. The lowest BCUT2D eigenvalue weighted by Crippen LogP contribution is -2.39. The molecule has 11 heteroatoms. The number of nitro benzene ring substituents is 1. The van der Waals surface area contributed by atoms with Crippen LogP contribution in [0.25, 0.3) is 0 Å². The minimum atomic E-state index is -1.49. The number of hydrogen-bond acceptors (Lipinski definition) is 5. The fourth-order valence-electron chi connectivity index (χ4n) is 2.29. The zero-order valence-corrected chi connectivity index (χ0v) is 13.8. The molecule has 0 aliphatic rings. The number of benzene rings is 2. The highest BCUT2D eigenvalue weighted by molar-refractivity contribution is 6.03. The van der Waals surface area contributed by atoms with E-state index in [2.05, 4.69) is 10.6 Å². The Morgan fingerprint density at radius 2 is 1.81 bits per heavy atom. The zero-order valence-electron chi connectivity index (χ0n) is 13.8. The first-order valence-electron chi connectivity index (χ1n) is 7.36. The molecule has 0 saturated heterocycles. The average molecular weight is 382 g/mol. The molecule has 1 atom stereocenters. The molecule has 0 heterocycles. The average Bonchev–Trinajstić information content (AvgIpc) is 2.62. The van der Waals surface area contributed by atoms with E-state index in [1.807, 2.05) is 0 Å². The highest BCUT2D eigenvalue weighted by Crippen LogP contribution is 2.27. The summed E-state index contributed by atoms with van der Waals surface area (Å²) < 4.78 is 40.2. The lowest BCUT2D eigenvalue weighted by atomic mass is 10.0. The molecule has 0 saturated carbocycles. The number of anilines is 1. The third-order valence-corrected chi connectivity index (χ3v) is 3.63. The molecular weight excluding hydrogens is 369 g/mol. The van der Waals surface area contributed by atoms with Gasteiger partial charge in [-0.1, -0.05) is 6.07 Å². The molecular formula is C16H13F3N4O4. The van der Waals surface area contributed by atoms with Crippen molar-refractivity contribution in [3.63, 3.8) is 0 Å². The fourth-order valence-corrected chi connectivity index (χ4v) is 2.29. The van der Waals surface area contributed by atoms with Crippen molar-refractivity contribution in [3.8, 4) is 0 Å². The van der Waals surface area contributed by atoms with Crippen LogP contribution < -0.4 is 16.4 Å². The van der Waals surface area contributed by atoms with E-state index in [-0.39, 0.29) is 5.56 Å². The summed E-state index contributed by atoms with van der Waals surface area (Å²) in [7, 11) is 1.24. The molecule has 0 fully saturated rings. The van der Waals surface area contributed by atoms with Crippen LogP contribution in [0.15, 0.2) is 30.3 Å². The Morgan fingerprint density at radius 3 is 2.37 bits per heavy atom. The van der Waals surface area contributed by atoms with Gasteiger partial charge in [0.2, 0.25) is 5.91 Å². The van der Waals surface area contributed by atoms with E-state index in [4.69, 9.17) is 5.73 Å². The monoisotopic (exact) mass is 382 g/mol. The van der Waals surface area contributed by atoms with E-state index < -0.39 is 57.2 Å². The van der Waals surface area contributed by atoms with Crippen molar-refractivity contribution in [3.05, 3.63) is 69.0 Å². The first-order chi connectivity index (χ1) is 12.6. The number of halogens is 3. The van der Waals surface area contributed by atoms with Gasteiger partial charge in [-0.15, -0.1) is 0 Å². The molecule has 0 aromatic heterocycles. The maximum atomic E-state index is 13.6. The summed E-state index contributed by atoms with van der Waals surface area (Å²) in [5.74, 6) is -5.42. The Hall–Kier alpha value is -3.63. The van der Waals surface area contributed by atoms with Crippen LogP contribution in [0.4, 0.5) is 24.5 Å². The number of nitrogens with two attached hydrogens (primary N) is 1. The molecule has 4 N–H and O–H groups in total. The molecule has 8 nitrogen and oxygen atoms in total. The predicted octanol–water partition coefficient (Wildman–Crippen LogP) is 1.81. The van der Waals surface area contributed by atoms with E-state index in [1.54, 1.807) is 0 Å². The Bertz CT molecular complexity index is 936. The summed E-state index contributed by atoms with van der Waals surface area (Å²) in [4.78, 5) is 34.4. The summed E-state index contributed by atoms with van der Waals surface area (Å²) in [5.41, 5.74) is 3.41. The van der Waals surface area contributed by atoms with Crippen LogP contribution in [0.1, 0.15) is 22.0 Å². The van der Waals surface area contributed by atoms with E-state index in [0.717, 1.165) is 12.1 Å². The van der Waals surface area contributed by atoms with Crippen LogP contribution in [0.3, 0.4) is 0 Å². The van der Waals surface area contributed by atoms with Crippen LogP contribution in [0, 0.1) is 27.6 Å². The molecule has 27 heavy (non-hydrogen) atoms. The second-order valence-corrected chi connectivity index (χ2v) is 5.34. The van der Waals surface area contributed by atoms with Gasteiger partial charge in [0.1, 0.15) is 17.5 Å². The second-order valence-electron chi connectivity index (χ2n) is 5.34. The molecule has 0 aliphatic heterocycles. The van der Waals surface area contributed by atoms with E-state index in [9.17, 15) is 32.9 Å². The molecule has 0 radical (unpaired) electrons. The van der Waals surface area contributed by atoms with Gasteiger partial charge in [-0.2, -0.15) is 0 Å². The van der Waals surface area contributed by atoms with Crippen molar-refractivity contribution in [2.24, 2.45) is 0 Å². The molecule has 1 unspecified atom stereocenters. The van der Waals surface area contributed by atoms with Gasteiger partial charge in [0, 0.05) is 7.05 Å². The van der Waals surface area contributed by atoms with E-state index in [1.165, 1.54) is 7.05 Å². The highest BCUT2D eigenvalue weighted by atomic mass is 19.2. The van der Waals surface area contributed by atoms with Gasteiger partial charge < -0.3 is 16.4 Å². The SMILES string of the molecule is CNC(=O)C(NC(=O)c1cc(F)cc([N+](=O)[O-])c1N)c1ccc(F)c(F)c1. The number of nitrogens with one attached hydrogen (secondary N) is 2. The van der Waals surface area contributed by atoms with Crippen LogP contribution in [0.2, 0.25) is 0 Å². The van der Waals surface area contributed by atoms with Crippen molar-refractivity contribution < 1.29 is 27.7 Å². The smallest absolute Gasteiger partial charge is 0.295 e. The van der Waals surface area contributed by atoms with Crippen molar-refractivity contribution in [2.75, 3.05) is 12.8 Å². The van der Waals surface area contributed by atoms with Crippen molar-refractivity contribution in [1.82, 2.24) is 10.6 Å². The van der Waals surface area contributed by atoms with Crippen molar-refractivity contribution >= 4 is 23.2 Å². The zero-order chi connectivity index (χ0) is 20.3. The minimum absolute atomic E-state index is 0.105. The Kier molecular flexibility index (Phi) is 5.63. The second kappa shape index (κ2) is 7.72. The van der Waals surface area contributed by atoms with E-state index >= 15 is 0 Å².